The lowest BCUT2D eigenvalue weighted by Gasteiger charge is -2.22. The van der Waals surface area contributed by atoms with Gasteiger partial charge < -0.3 is 10.1 Å². The molecule has 1 aliphatic rings. The largest absolute Gasteiger partial charge is 0.381 e. The Kier molecular flexibility index (Phi) is 4.15. The summed E-state index contributed by atoms with van der Waals surface area (Å²) in [6.45, 7) is 2.17. The first kappa shape index (κ1) is 14.0. The number of fused-ring (bicyclic) bond motifs is 1. The Morgan fingerprint density at radius 3 is 2.62 bits per heavy atom. The fourth-order valence-corrected chi connectivity index (χ4v) is 2.74. The van der Waals surface area contributed by atoms with E-state index in [-0.39, 0.29) is 11.7 Å². The van der Waals surface area contributed by atoms with E-state index in [0.29, 0.717) is 28.8 Å². The number of halogens is 1. The Morgan fingerprint density at radius 2 is 1.86 bits per heavy atom. The van der Waals surface area contributed by atoms with Gasteiger partial charge in [0.2, 0.25) is 0 Å². The van der Waals surface area contributed by atoms with E-state index in [0.717, 1.165) is 26.1 Å². The predicted octanol–water partition coefficient (Wildman–Crippen LogP) is 3.14. The minimum Gasteiger partial charge on any atom is -0.381 e. The number of carbonyl (C=O) groups is 1. The molecule has 2 aromatic rings. The molecule has 3 nitrogen and oxygen atoms in total. The standard InChI is InChI=1S/C17H18FNO2/c18-16-6-5-15(13-3-1-2-4-14(13)16)17(20)19-11-12-7-9-21-10-8-12/h1-6,12H,7-11H2,(H,19,20). The first-order chi connectivity index (χ1) is 10.3. The molecule has 0 unspecified atom stereocenters. The number of hydrogen-bond acceptors (Lipinski definition) is 2. The number of amides is 1. The highest BCUT2D eigenvalue weighted by Crippen LogP contribution is 2.22. The minimum atomic E-state index is -0.299. The highest BCUT2D eigenvalue weighted by Gasteiger charge is 2.16. The average molecular weight is 287 g/mol. The number of ether oxygens (including phenoxy) is 1. The first-order valence-corrected chi connectivity index (χ1v) is 7.29. The van der Waals surface area contributed by atoms with Crippen LogP contribution in [0.2, 0.25) is 0 Å². The maximum Gasteiger partial charge on any atom is 0.251 e. The normalized spacial score (nSPS) is 16.0. The van der Waals surface area contributed by atoms with Crippen LogP contribution in [0.15, 0.2) is 36.4 Å². The van der Waals surface area contributed by atoms with E-state index in [9.17, 15) is 9.18 Å². The molecule has 0 bridgehead atoms. The maximum atomic E-state index is 13.8. The van der Waals surface area contributed by atoms with Gasteiger partial charge in [-0.1, -0.05) is 24.3 Å². The summed E-state index contributed by atoms with van der Waals surface area (Å²) >= 11 is 0. The van der Waals surface area contributed by atoms with Gasteiger partial charge in [0.15, 0.2) is 0 Å². The van der Waals surface area contributed by atoms with E-state index >= 15 is 0 Å². The third-order valence-electron chi connectivity index (χ3n) is 4.01. The van der Waals surface area contributed by atoms with E-state index in [1.165, 1.54) is 6.07 Å². The highest BCUT2D eigenvalue weighted by molar-refractivity contribution is 6.07. The second-order valence-electron chi connectivity index (χ2n) is 5.41. The Hall–Kier alpha value is -1.94. The molecule has 0 atom stereocenters. The van der Waals surface area contributed by atoms with Crippen molar-refractivity contribution in [2.45, 2.75) is 12.8 Å². The van der Waals surface area contributed by atoms with Crippen molar-refractivity contribution in [3.8, 4) is 0 Å². The smallest absolute Gasteiger partial charge is 0.251 e. The van der Waals surface area contributed by atoms with Crippen molar-refractivity contribution in [1.82, 2.24) is 5.32 Å². The molecule has 4 heteroatoms. The number of benzene rings is 2. The lowest BCUT2D eigenvalue weighted by Crippen LogP contribution is -2.32. The van der Waals surface area contributed by atoms with E-state index < -0.39 is 0 Å². The molecule has 1 N–H and O–H groups in total. The van der Waals surface area contributed by atoms with Crippen molar-refractivity contribution in [2.75, 3.05) is 19.8 Å². The van der Waals surface area contributed by atoms with Crippen LogP contribution in [0.1, 0.15) is 23.2 Å². The van der Waals surface area contributed by atoms with Gasteiger partial charge in [-0.25, -0.2) is 4.39 Å². The Labute approximate surface area is 123 Å². The molecule has 2 aromatic carbocycles. The summed E-state index contributed by atoms with van der Waals surface area (Å²) in [5, 5.41) is 4.10. The monoisotopic (exact) mass is 287 g/mol. The zero-order valence-corrected chi connectivity index (χ0v) is 11.8. The molecular weight excluding hydrogens is 269 g/mol. The van der Waals surface area contributed by atoms with Crippen LogP contribution in [0.4, 0.5) is 4.39 Å². The second kappa shape index (κ2) is 6.22. The predicted molar refractivity (Wildman–Crippen MR) is 79.8 cm³/mol. The molecule has 0 aliphatic carbocycles. The van der Waals surface area contributed by atoms with Crippen LogP contribution in [0, 0.1) is 11.7 Å². The molecule has 21 heavy (non-hydrogen) atoms. The van der Waals surface area contributed by atoms with Crippen LogP contribution in [0.5, 0.6) is 0 Å². The molecule has 0 aromatic heterocycles. The lowest BCUT2D eigenvalue weighted by atomic mass is 9.99. The average Bonchev–Trinajstić information content (AvgIpc) is 2.54. The number of carbonyl (C=O) groups excluding carboxylic acids is 1. The van der Waals surface area contributed by atoms with Crippen LogP contribution < -0.4 is 5.32 Å². The van der Waals surface area contributed by atoms with Crippen LogP contribution in [0.3, 0.4) is 0 Å². The summed E-state index contributed by atoms with van der Waals surface area (Å²) in [5.41, 5.74) is 0.527. The van der Waals surface area contributed by atoms with Gasteiger partial charge in [-0.05, 0) is 36.3 Å². The molecule has 1 amide bonds. The van der Waals surface area contributed by atoms with Gasteiger partial charge in [-0.2, -0.15) is 0 Å². The van der Waals surface area contributed by atoms with E-state index in [4.69, 9.17) is 4.74 Å². The topological polar surface area (TPSA) is 38.3 Å². The summed E-state index contributed by atoms with van der Waals surface area (Å²) in [6.07, 6.45) is 1.95. The van der Waals surface area contributed by atoms with Crippen molar-refractivity contribution >= 4 is 16.7 Å². The van der Waals surface area contributed by atoms with Crippen molar-refractivity contribution in [3.05, 3.63) is 47.8 Å². The van der Waals surface area contributed by atoms with E-state index in [2.05, 4.69) is 5.32 Å². The van der Waals surface area contributed by atoms with Gasteiger partial charge in [0.05, 0.1) is 0 Å². The molecule has 0 radical (unpaired) electrons. The quantitative estimate of drug-likeness (QED) is 0.942. The molecule has 0 spiro atoms. The van der Waals surface area contributed by atoms with Crippen molar-refractivity contribution in [1.29, 1.82) is 0 Å². The van der Waals surface area contributed by atoms with Crippen molar-refractivity contribution < 1.29 is 13.9 Å². The Bertz CT molecular complexity index is 650. The van der Waals surface area contributed by atoms with Gasteiger partial charge in [-0.15, -0.1) is 0 Å². The summed E-state index contributed by atoms with van der Waals surface area (Å²) in [5.74, 6) is 0.0266. The highest BCUT2D eigenvalue weighted by atomic mass is 19.1. The number of nitrogens with one attached hydrogen (secondary N) is 1. The SMILES string of the molecule is O=C(NCC1CCOCC1)c1ccc(F)c2ccccc12. The molecule has 1 heterocycles. The maximum absolute atomic E-state index is 13.8. The van der Waals surface area contributed by atoms with Gasteiger partial charge in [0.1, 0.15) is 5.82 Å². The third kappa shape index (κ3) is 3.05. The van der Waals surface area contributed by atoms with E-state index in [1.807, 2.05) is 6.07 Å². The molecule has 1 saturated heterocycles. The van der Waals surface area contributed by atoms with Crippen LogP contribution in [0.25, 0.3) is 10.8 Å². The van der Waals surface area contributed by atoms with Crippen LogP contribution >= 0.6 is 0 Å². The van der Waals surface area contributed by atoms with Crippen LogP contribution in [-0.2, 0) is 4.74 Å². The third-order valence-corrected chi connectivity index (χ3v) is 4.01. The molecular formula is C17H18FNO2. The van der Waals surface area contributed by atoms with E-state index in [1.54, 1.807) is 24.3 Å². The Morgan fingerprint density at radius 1 is 1.14 bits per heavy atom. The Balaban J connectivity index is 1.77. The van der Waals surface area contributed by atoms with Crippen molar-refractivity contribution in [3.63, 3.8) is 0 Å². The number of rotatable bonds is 3. The van der Waals surface area contributed by atoms with Gasteiger partial charge >= 0.3 is 0 Å². The zero-order valence-electron chi connectivity index (χ0n) is 11.8. The van der Waals surface area contributed by atoms with Crippen molar-refractivity contribution in [2.24, 2.45) is 5.92 Å². The molecule has 1 fully saturated rings. The number of hydrogen-bond donors (Lipinski definition) is 1. The molecule has 0 saturated carbocycles. The minimum absolute atomic E-state index is 0.141. The molecule has 3 rings (SSSR count). The molecule has 110 valence electrons. The first-order valence-electron chi connectivity index (χ1n) is 7.29. The molecule has 1 aliphatic heterocycles. The van der Waals surface area contributed by atoms with Gasteiger partial charge in [0.25, 0.3) is 5.91 Å². The van der Waals surface area contributed by atoms with Gasteiger partial charge in [0, 0.05) is 30.7 Å². The lowest BCUT2D eigenvalue weighted by molar-refractivity contribution is 0.0643. The fraction of sp³-hybridized carbons (Fsp3) is 0.353. The fourth-order valence-electron chi connectivity index (χ4n) is 2.74. The summed E-state index contributed by atoms with van der Waals surface area (Å²) in [6, 6.07) is 9.97. The van der Waals surface area contributed by atoms with Gasteiger partial charge in [-0.3, -0.25) is 4.79 Å². The summed E-state index contributed by atoms with van der Waals surface area (Å²) in [4.78, 5) is 12.3. The zero-order chi connectivity index (χ0) is 14.7. The van der Waals surface area contributed by atoms with Crippen LogP contribution in [-0.4, -0.2) is 25.7 Å². The summed E-state index contributed by atoms with van der Waals surface area (Å²) < 4.78 is 19.1. The summed E-state index contributed by atoms with van der Waals surface area (Å²) in [7, 11) is 0. The second-order valence-corrected chi connectivity index (χ2v) is 5.41.